The van der Waals surface area contributed by atoms with Crippen LogP contribution in [0.15, 0.2) is 6.07 Å². The largest absolute Gasteiger partial charge is 0.384 e. The maximum Gasteiger partial charge on any atom is 0.136 e. The standard InChI is InChI=1S/C12H20N4O/c1-3-17-8(2)7-14-11-6-10(13)15-12(16-11)9-4-5-9/h6,8-9H,3-5,7H2,1-2H3,(H3,13,14,15,16). The van der Waals surface area contributed by atoms with Crippen LogP contribution >= 0.6 is 0 Å². The zero-order valence-corrected chi connectivity index (χ0v) is 10.4. The molecule has 1 aromatic rings. The number of nitrogen functional groups attached to an aromatic ring is 1. The number of nitrogens with two attached hydrogens (primary N) is 1. The first kappa shape index (κ1) is 12.1. The Labute approximate surface area is 102 Å². The molecule has 1 fully saturated rings. The molecule has 0 radical (unpaired) electrons. The molecule has 0 bridgehead atoms. The highest BCUT2D eigenvalue weighted by Crippen LogP contribution is 2.38. The predicted molar refractivity (Wildman–Crippen MR) is 68.0 cm³/mol. The second-order valence-electron chi connectivity index (χ2n) is 4.46. The van der Waals surface area contributed by atoms with Crippen LogP contribution in [-0.2, 0) is 4.74 Å². The van der Waals surface area contributed by atoms with Crippen molar-refractivity contribution in [3.8, 4) is 0 Å². The summed E-state index contributed by atoms with van der Waals surface area (Å²) in [6, 6.07) is 1.77. The highest BCUT2D eigenvalue weighted by Gasteiger charge is 2.27. The molecule has 1 aromatic heterocycles. The van der Waals surface area contributed by atoms with Crippen molar-refractivity contribution in [3.63, 3.8) is 0 Å². The third-order valence-corrected chi connectivity index (χ3v) is 2.73. The Bertz CT molecular complexity index is 379. The summed E-state index contributed by atoms with van der Waals surface area (Å²) in [4.78, 5) is 8.72. The average Bonchev–Trinajstić information content (AvgIpc) is 3.10. The molecule has 0 amide bonds. The Morgan fingerprint density at radius 1 is 1.53 bits per heavy atom. The number of ether oxygens (including phenoxy) is 1. The molecule has 94 valence electrons. The van der Waals surface area contributed by atoms with Crippen LogP contribution in [0.25, 0.3) is 0 Å². The molecule has 1 aliphatic rings. The van der Waals surface area contributed by atoms with Gasteiger partial charge in [-0.25, -0.2) is 9.97 Å². The van der Waals surface area contributed by atoms with Gasteiger partial charge in [0.1, 0.15) is 17.5 Å². The Kier molecular flexibility index (Phi) is 3.78. The van der Waals surface area contributed by atoms with E-state index in [9.17, 15) is 0 Å². The molecule has 1 unspecified atom stereocenters. The maximum atomic E-state index is 5.77. The van der Waals surface area contributed by atoms with Gasteiger partial charge in [-0.3, -0.25) is 0 Å². The first-order valence-electron chi connectivity index (χ1n) is 6.19. The van der Waals surface area contributed by atoms with E-state index in [1.165, 1.54) is 12.8 Å². The monoisotopic (exact) mass is 236 g/mol. The molecule has 1 saturated carbocycles. The van der Waals surface area contributed by atoms with Crippen molar-refractivity contribution in [1.82, 2.24) is 9.97 Å². The van der Waals surface area contributed by atoms with Gasteiger partial charge < -0.3 is 15.8 Å². The van der Waals surface area contributed by atoms with Gasteiger partial charge in [-0.2, -0.15) is 0 Å². The van der Waals surface area contributed by atoms with Crippen LogP contribution in [0.2, 0.25) is 0 Å². The van der Waals surface area contributed by atoms with Crippen molar-refractivity contribution in [2.45, 2.75) is 38.7 Å². The number of nitrogens with zero attached hydrogens (tertiary/aromatic N) is 2. The third kappa shape index (κ3) is 3.56. The zero-order valence-electron chi connectivity index (χ0n) is 10.4. The number of nitrogens with one attached hydrogen (secondary N) is 1. The number of anilines is 2. The molecule has 17 heavy (non-hydrogen) atoms. The van der Waals surface area contributed by atoms with Crippen LogP contribution in [0.1, 0.15) is 38.4 Å². The molecule has 1 heterocycles. The number of aromatic nitrogens is 2. The van der Waals surface area contributed by atoms with Crippen molar-refractivity contribution in [2.75, 3.05) is 24.2 Å². The molecule has 0 aliphatic heterocycles. The highest BCUT2D eigenvalue weighted by atomic mass is 16.5. The Morgan fingerprint density at radius 3 is 2.94 bits per heavy atom. The fourth-order valence-electron chi connectivity index (χ4n) is 1.69. The molecule has 3 N–H and O–H groups in total. The van der Waals surface area contributed by atoms with Crippen LogP contribution in [0.4, 0.5) is 11.6 Å². The van der Waals surface area contributed by atoms with E-state index in [-0.39, 0.29) is 6.10 Å². The summed E-state index contributed by atoms with van der Waals surface area (Å²) in [6.45, 7) is 5.48. The highest BCUT2D eigenvalue weighted by molar-refractivity contribution is 5.45. The molecule has 5 heteroatoms. The van der Waals surface area contributed by atoms with Crippen molar-refractivity contribution in [1.29, 1.82) is 0 Å². The van der Waals surface area contributed by atoms with Crippen LogP contribution in [0.5, 0.6) is 0 Å². The number of rotatable bonds is 6. The van der Waals surface area contributed by atoms with Crippen molar-refractivity contribution in [2.24, 2.45) is 0 Å². The normalized spacial score (nSPS) is 16.8. The fourth-order valence-corrected chi connectivity index (χ4v) is 1.69. The molecule has 0 spiro atoms. The van der Waals surface area contributed by atoms with Gasteiger partial charge in [0, 0.05) is 25.1 Å². The Balaban J connectivity index is 1.95. The summed E-state index contributed by atoms with van der Waals surface area (Å²) in [5.41, 5.74) is 5.77. The van der Waals surface area contributed by atoms with Gasteiger partial charge in [0.2, 0.25) is 0 Å². The van der Waals surface area contributed by atoms with Gasteiger partial charge in [0.05, 0.1) is 6.10 Å². The maximum absolute atomic E-state index is 5.77. The SMILES string of the molecule is CCOC(C)CNc1cc(N)nc(C2CC2)n1. The molecule has 0 aromatic carbocycles. The summed E-state index contributed by atoms with van der Waals surface area (Å²) in [6.07, 6.45) is 2.52. The van der Waals surface area contributed by atoms with E-state index in [0.717, 1.165) is 24.8 Å². The molecule has 0 saturated heterocycles. The van der Waals surface area contributed by atoms with Gasteiger partial charge >= 0.3 is 0 Å². The van der Waals surface area contributed by atoms with E-state index in [2.05, 4.69) is 15.3 Å². The summed E-state index contributed by atoms with van der Waals surface area (Å²) >= 11 is 0. The lowest BCUT2D eigenvalue weighted by molar-refractivity contribution is 0.0855. The predicted octanol–water partition coefficient (Wildman–Crippen LogP) is 1.77. The van der Waals surface area contributed by atoms with E-state index >= 15 is 0 Å². The molecular formula is C12H20N4O. The second-order valence-corrected chi connectivity index (χ2v) is 4.46. The second kappa shape index (κ2) is 5.31. The summed E-state index contributed by atoms with van der Waals surface area (Å²) in [5.74, 6) is 2.72. The number of hydrogen-bond acceptors (Lipinski definition) is 5. The van der Waals surface area contributed by atoms with Crippen LogP contribution < -0.4 is 11.1 Å². The Hall–Kier alpha value is -1.36. The lowest BCUT2D eigenvalue weighted by Gasteiger charge is -2.13. The van der Waals surface area contributed by atoms with E-state index in [1.807, 2.05) is 13.8 Å². The minimum atomic E-state index is 0.167. The van der Waals surface area contributed by atoms with Crippen LogP contribution in [-0.4, -0.2) is 29.2 Å². The van der Waals surface area contributed by atoms with Gasteiger partial charge in [0.15, 0.2) is 0 Å². The number of hydrogen-bond donors (Lipinski definition) is 2. The minimum Gasteiger partial charge on any atom is -0.384 e. The van der Waals surface area contributed by atoms with E-state index in [4.69, 9.17) is 10.5 Å². The first-order chi connectivity index (χ1) is 8.19. The van der Waals surface area contributed by atoms with Crippen molar-refractivity contribution < 1.29 is 4.74 Å². The molecule has 1 atom stereocenters. The molecule has 1 aliphatic carbocycles. The lowest BCUT2D eigenvalue weighted by atomic mass is 10.3. The topological polar surface area (TPSA) is 73.1 Å². The average molecular weight is 236 g/mol. The molecule has 5 nitrogen and oxygen atoms in total. The van der Waals surface area contributed by atoms with Gasteiger partial charge in [-0.1, -0.05) is 0 Å². The van der Waals surface area contributed by atoms with Crippen molar-refractivity contribution in [3.05, 3.63) is 11.9 Å². The fraction of sp³-hybridized carbons (Fsp3) is 0.667. The van der Waals surface area contributed by atoms with Gasteiger partial charge in [-0.05, 0) is 26.7 Å². The summed E-state index contributed by atoms with van der Waals surface area (Å²) < 4.78 is 5.45. The quantitative estimate of drug-likeness (QED) is 0.787. The van der Waals surface area contributed by atoms with E-state index in [0.29, 0.717) is 11.7 Å². The third-order valence-electron chi connectivity index (χ3n) is 2.73. The smallest absolute Gasteiger partial charge is 0.136 e. The zero-order chi connectivity index (χ0) is 12.3. The summed E-state index contributed by atoms with van der Waals surface area (Å²) in [5, 5.41) is 3.24. The van der Waals surface area contributed by atoms with Crippen LogP contribution in [0, 0.1) is 0 Å². The van der Waals surface area contributed by atoms with Gasteiger partial charge in [-0.15, -0.1) is 0 Å². The molecular weight excluding hydrogens is 216 g/mol. The minimum absolute atomic E-state index is 0.167. The first-order valence-corrected chi connectivity index (χ1v) is 6.19. The summed E-state index contributed by atoms with van der Waals surface area (Å²) in [7, 11) is 0. The van der Waals surface area contributed by atoms with E-state index < -0.39 is 0 Å². The van der Waals surface area contributed by atoms with E-state index in [1.54, 1.807) is 6.07 Å². The Morgan fingerprint density at radius 2 is 2.29 bits per heavy atom. The van der Waals surface area contributed by atoms with Crippen LogP contribution in [0.3, 0.4) is 0 Å². The van der Waals surface area contributed by atoms with Gasteiger partial charge in [0.25, 0.3) is 0 Å². The molecule has 2 rings (SSSR count). The van der Waals surface area contributed by atoms with Crippen molar-refractivity contribution >= 4 is 11.6 Å². The lowest BCUT2D eigenvalue weighted by Crippen LogP contribution is -2.20.